The fraction of sp³-hybridized carbons (Fsp3) is 0.500. The summed E-state index contributed by atoms with van der Waals surface area (Å²) in [6, 6.07) is 4.92. The molecule has 1 saturated heterocycles. The van der Waals surface area contributed by atoms with Gasteiger partial charge >= 0.3 is 0 Å². The number of hydrogen-bond acceptors (Lipinski definition) is 5. The second-order valence-corrected chi connectivity index (χ2v) is 6.22. The van der Waals surface area contributed by atoms with Crippen LogP contribution in [-0.4, -0.2) is 46.0 Å². The number of piperazine rings is 1. The Balaban J connectivity index is 2.17. The first-order valence-corrected chi connectivity index (χ1v) is 7.86. The van der Waals surface area contributed by atoms with Gasteiger partial charge in [0.2, 0.25) is 10.0 Å². The van der Waals surface area contributed by atoms with Crippen LogP contribution >= 0.6 is 0 Å². The van der Waals surface area contributed by atoms with Crippen molar-refractivity contribution in [3.05, 3.63) is 18.2 Å². The van der Waals surface area contributed by atoms with E-state index in [1.807, 2.05) is 0 Å². The highest BCUT2D eigenvalue weighted by Crippen LogP contribution is 2.24. The molecule has 0 aliphatic carbocycles. The lowest BCUT2D eigenvalue weighted by molar-refractivity contribution is 0.271. The van der Waals surface area contributed by atoms with Gasteiger partial charge in [-0.15, -0.1) is 0 Å². The van der Waals surface area contributed by atoms with Gasteiger partial charge in [0, 0.05) is 31.9 Å². The molecule has 0 amide bonds. The van der Waals surface area contributed by atoms with Crippen LogP contribution in [0, 0.1) is 0 Å². The van der Waals surface area contributed by atoms with E-state index >= 15 is 0 Å². The Kier molecular flexibility index (Phi) is 3.98. The van der Waals surface area contributed by atoms with Gasteiger partial charge in [-0.2, -0.15) is 0 Å². The molecule has 0 saturated carbocycles. The number of nitrogen functional groups attached to an aromatic ring is 1. The average molecular weight is 284 g/mol. The van der Waals surface area contributed by atoms with Crippen LogP contribution in [0.2, 0.25) is 0 Å². The first kappa shape index (κ1) is 14.1. The van der Waals surface area contributed by atoms with Crippen LogP contribution in [0.15, 0.2) is 23.1 Å². The lowest BCUT2D eigenvalue weighted by atomic mass is 10.2. The standard InChI is InChI=1S/C12H20N4O2S/c1-2-15-5-7-16(8-6-15)10-3-4-12(11(13)9-10)19(14,17)18/h3-4,9H,2,5-8,13H2,1H3,(H2,14,17,18). The van der Waals surface area contributed by atoms with E-state index in [9.17, 15) is 8.42 Å². The fourth-order valence-corrected chi connectivity index (χ4v) is 2.96. The maximum Gasteiger partial charge on any atom is 0.240 e. The van der Waals surface area contributed by atoms with E-state index in [-0.39, 0.29) is 10.6 Å². The fourth-order valence-electron chi connectivity index (χ4n) is 2.31. The number of likely N-dealkylation sites (N-methyl/N-ethyl adjacent to an activating group) is 1. The average Bonchev–Trinajstić information content (AvgIpc) is 2.37. The maximum absolute atomic E-state index is 11.3. The third-order valence-corrected chi connectivity index (χ3v) is 4.47. The van der Waals surface area contributed by atoms with Crippen LogP contribution in [0.4, 0.5) is 11.4 Å². The molecular weight excluding hydrogens is 264 g/mol. The van der Waals surface area contributed by atoms with E-state index in [1.54, 1.807) is 12.1 Å². The SMILES string of the molecule is CCN1CCN(c2ccc(S(N)(=O)=O)c(N)c2)CC1. The lowest BCUT2D eigenvalue weighted by Crippen LogP contribution is -2.46. The number of rotatable bonds is 3. The van der Waals surface area contributed by atoms with Crippen molar-refractivity contribution in [1.82, 2.24) is 4.90 Å². The predicted molar refractivity (Wildman–Crippen MR) is 76.6 cm³/mol. The Morgan fingerprint density at radius 1 is 1.21 bits per heavy atom. The van der Waals surface area contributed by atoms with Crippen molar-refractivity contribution in [2.45, 2.75) is 11.8 Å². The largest absolute Gasteiger partial charge is 0.398 e. The molecule has 1 heterocycles. The van der Waals surface area contributed by atoms with Crippen LogP contribution in [0.3, 0.4) is 0 Å². The van der Waals surface area contributed by atoms with Gasteiger partial charge in [-0.25, -0.2) is 13.6 Å². The molecule has 0 atom stereocenters. The third kappa shape index (κ3) is 3.17. The minimum absolute atomic E-state index is 0.0107. The lowest BCUT2D eigenvalue weighted by Gasteiger charge is -2.35. The molecule has 0 unspecified atom stereocenters. The van der Waals surface area contributed by atoms with Gasteiger partial charge in [0.1, 0.15) is 4.90 Å². The zero-order chi connectivity index (χ0) is 14.0. The molecule has 1 aliphatic rings. The molecule has 6 nitrogen and oxygen atoms in total. The molecule has 1 fully saturated rings. The maximum atomic E-state index is 11.3. The molecule has 0 bridgehead atoms. The molecule has 19 heavy (non-hydrogen) atoms. The Morgan fingerprint density at radius 2 is 1.84 bits per heavy atom. The third-order valence-electron chi connectivity index (χ3n) is 3.48. The Bertz CT molecular complexity index is 551. The highest BCUT2D eigenvalue weighted by Gasteiger charge is 2.18. The van der Waals surface area contributed by atoms with Crippen LogP contribution in [-0.2, 0) is 10.0 Å². The van der Waals surface area contributed by atoms with Crippen LogP contribution < -0.4 is 15.8 Å². The van der Waals surface area contributed by atoms with Gasteiger partial charge in [-0.1, -0.05) is 6.92 Å². The van der Waals surface area contributed by atoms with Gasteiger partial charge in [0.25, 0.3) is 0 Å². The number of nitrogens with zero attached hydrogens (tertiary/aromatic N) is 2. The normalized spacial score (nSPS) is 17.7. The summed E-state index contributed by atoms with van der Waals surface area (Å²) < 4.78 is 22.6. The monoisotopic (exact) mass is 284 g/mol. The molecule has 0 spiro atoms. The second-order valence-electron chi connectivity index (χ2n) is 4.69. The minimum Gasteiger partial charge on any atom is -0.398 e. The van der Waals surface area contributed by atoms with E-state index in [0.717, 1.165) is 38.4 Å². The molecule has 4 N–H and O–H groups in total. The van der Waals surface area contributed by atoms with Crippen molar-refractivity contribution in [3.63, 3.8) is 0 Å². The van der Waals surface area contributed by atoms with E-state index in [2.05, 4.69) is 16.7 Å². The molecule has 7 heteroatoms. The topological polar surface area (TPSA) is 92.7 Å². The number of benzene rings is 1. The molecule has 1 aromatic rings. The van der Waals surface area contributed by atoms with Gasteiger partial charge in [0.15, 0.2) is 0 Å². The highest BCUT2D eigenvalue weighted by molar-refractivity contribution is 7.89. The summed E-state index contributed by atoms with van der Waals surface area (Å²) in [7, 11) is -3.75. The van der Waals surface area contributed by atoms with Gasteiger partial charge in [0.05, 0.1) is 5.69 Å². The van der Waals surface area contributed by atoms with Crippen molar-refractivity contribution in [3.8, 4) is 0 Å². The van der Waals surface area contributed by atoms with Crippen molar-refractivity contribution >= 4 is 21.4 Å². The molecule has 106 valence electrons. The van der Waals surface area contributed by atoms with Gasteiger partial charge in [-0.05, 0) is 24.7 Å². The van der Waals surface area contributed by atoms with Crippen molar-refractivity contribution in [1.29, 1.82) is 0 Å². The second kappa shape index (κ2) is 5.36. The molecule has 2 rings (SSSR count). The number of primary sulfonamides is 1. The van der Waals surface area contributed by atoms with Gasteiger partial charge in [-0.3, -0.25) is 0 Å². The first-order chi connectivity index (χ1) is 8.91. The van der Waals surface area contributed by atoms with Crippen molar-refractivity contribution in [2.75, 3.05) is 43.4 Å². The summed E-state index contributed by atoms with van der Waals surface area (Å²) in [5.74, 6) is 0. The zero-order valence-corrected chi connectivity index (χ0v) is 11.9. The molecule has 0 radical (unpaired) electrons. The predicted octanol–water partition coefficient (Wildman–Crippen LogP) is 0.0581. The zero-order valence-electron chi connectivity index (χ0n) is 11.0. The summed E-state index contributed by atoms with van der Waals surface area (Å²) in [4.78, 5) is 4.57. The Hall–Kier alpha value is -1.31. The number of anilines is 2. The van der Waals surface area contributed by atoms with Gasteiger partial charge < -0.3 is 15.5 Å². The summed E-state index contributed by atoms with van der Waals surface area (Å²) >= 11 is 0. The minimum atomic E-state index is -3.75. The van der Waals surface area contributed by atoms with Crippen LogP contribution in [0.25, 0.3) is 0 Å². The summed E-state index contributed by atoms with van der Waals surface area (Å²) in [5, 5.41) is 5.09. The number of nitrogens with two attached hydrogens (primary N) is 2. The molecular formula is C12H20N4O2S. The van der Waals surface area contributed by atoms with E-state index in [4.69, 9.17) is 10.9 Å². The van der Waals surface area contributed by atoms with Crippen LogP contribution in [0.1, 0.15) is 6.92 Å². The van der Waals surface area contributed by atoms with Crippen molar-refractivity contribution < 1.29 is 8.42 Å². The van der Waals surface area contributed by atoms with E-state index in [0.29, 0.717) is 0 Å². The van der Waals surface area contributed by atoms with Crippen molar-refractivity contribution in [2.24, 2.45) is 5.14 Å². The van der Waals surface area contributed by atoms with E-state index in [1.165, 1.54) is 6.07 Å². The van der Waals surface area contributed by atoms with Crippen LogP contribution in [0.5, 0.6) is 0 Å². The molecule has 1 aliphatic heterocycles. The Morgan fingerprint density at radius 3 is 2.32 bits per heavy atom. The summed E-state index contributed by atoms with van der Waals surface area (Å²) in [6.45, 7) is 7.06. The summed E-state index contributed by atoms with van der Waals surface area (Å²) in [5.41, 5.74) is 6.92. The molecule has 1 aromatic carbocycles. The number of sulfonamides is 1. The Labute approximate surface area is 114 Å². The number of hydrogen-bond donors (Lipinski definition) is 2. The smallest absolute Gasteiger partial charge is 0.240 e. The molecule has 0 aromatic heterocycles. The van der Waals surface area contributed by atoms with E-state index < -0.39 is 10.0 Å². The summed E-state index contributed by atoms with van der Waals surface area (Å²) in [6.07, 6.45) is 0. The first-order valence-electron chi connectivity index (χ1n) is 6.31. The quantitative estimate of drug-likeness (QED) is 0.766. The highest BCUT2D eigenvalue weighted by atomic mass is 32.2.